The minimum Gasteiger partial charge on any atom is -0.444 e. The molecule has 3 aromatic rings. The molecule has 2 amide bonds. The fourth-order valence-corrected chi connectivity index (χ4v) is 6.33. The number of anilines is 3. The van der Waals surface area contributed by atoms with E-state index >= 15 is 4.39 Å². The Balaban J connectivity index is 1.10. The van der Waals surface area contributed by atoms with Crippen LogP contribution in [0.1, 0.15) is 63.0 Å². The summed E-state index contributed by atoms with van der Waals surface area (Å²) in [6.45, 7) is 9.79. The summed E-state index contributed by atoms with van der Waals surface area (Å²) in [6, 6.07) is 5.83. The molecule has 3 aliphatic rings. The summed E-state index contributed by atoms with van der Waals surface area (Å²) in [5.74, 6) is -0.0186. The van der Waals surface area contributed by atoms with Crippen LogP contribution in [-0.4, -0.2) is 111 Å². The molecule has 236 valence electrons. The van der Waals surface area contributed by atoms with Crippen LogP contribution in [0.2, 0.25) is 0 Å². The minimum absolute atomic E-state index is 0.0694. The number of carbonyl (C=O) groups excluding carboxylic acids is 2. The van der Waals surface area contributed by atoms with Crippen LogP contribution in [0.3, 0.4) is 0 Å². The number of aromatic nitrogens is 4. The summed E-state index contributed by atoms with van der Waals surface area (Å²) in [5, 5.41) is 3.85. The van der Waals surface area contributed by atoms with Crippen molar-refractivity contribution in [2.75, 3.05) is 63.6 Å². The number of nitrogens with one attached hydrogen (secondary N) is 1. The number of nitrogens with zero attached hydrogens (tertiary/aromatic N) is 8. The molecule has 1 aliphatic carbocycles. The van der Waals surface area contributed by atoms with Gasteiger partial charge in [0.25, 0.3) is 5.91 Å². The molecule has 3 aromatic heterocycles. The Morgan fingerprint density at radius 1 is 1.02 bits per heavy atom. The average molecular weight is 608 g/mol. The number of likely N-dealkylation sites (tertiary alicyclic amines) is 1. The van der Waals surface area contributed by atoms with Gasteiger partial charge in [0.15, 0.2) is 0 Å². The van der Waals surface area contributed by atoms with E-state index in [-0.39, 0.29) is 18.0 Å². The molecule has 0 bridgehead atoms. The fraction of sp³-hybridized carbons (Fsp3) is 0.581. The summed E-state index contributed by atoms with van der Waals surface area (Å²) >= 11 is 0. The molecule has 3 fully saturated rings. The van der Waals surface area contributed by atoms with Gasteiger partial charge in [-0.1, -0.05) is 12.8 Å². The van der Waals surface area contributed by atoms with Crippen LogP contribution in [-0.2, 0) is 4.74 Å². The molecule has 0 unspecified atom stereocenters. The minimum atomic E-state index is -0.558. The van der Waals surface area contributed by atoms with Crippen molar-refractivity contribution in [1.82, 2.24) is 34.2 Å². The molecule has 12 nitrogen and oxygen atoms in total. The van der Waals surface area contributed by atoms with Crippen molar-refractivity contribution in [2.45, 2.75) is 64.1 Å². The van der Waals surface area contributed by atoms with Gasteiger partial charge in [0, 0.05) is 77.0 Å². The Hall–Kier alpha value is -4.00. The van der Waals surface area contributed by atoms with Crippen LogP contribution in [0.25, 0.3) is 11.0 Å². The highest BCUT2D eigenvalue weighted by atomic mass is 19.1. The SMILES string of the molecule is CN(C)C(=O)c1cc2cnc(Nc3ccc(N4CCN(C5CN(C(=O)OC(C)(C)C)C5)CC4)c(F)n3)nc2n1C1CCCC1. The average Bonchev–Trinajstić information content (AvgIpc) is 3.59. The zero-order valence-electron chi connectivity index (χ0n) is 26.2. The van der Waals surface area contributed by atoms with E-state index in [1.807, 2.05) is 36.3 Å². The maximum absolute atomic E-state index is 15.3. The molecular formula is C31H42FN9O3. The van der Waals surface area contributed by atoms with E-state index < -0.39 is 11.5 Å². The standard InChI is InChI=1S/C31H42FN9O3/c1-31(2,3)44-30(43)40-18-22(19-40)38-12-14-39(15-13-38)23-10-11-25(34-26(23)32)35-29-33-17-20-16-24(28(42)37(4)5)41(27(20)36-29)21-8-6-7-9-21/h10-11,16-17,21-22H,6-9,12-15,18-19H2,1-5H3,(H,33,34,35,36). The number of rotatable bonds is 6. The highest BCUT2D eigenvalue weighted by Crippen LogP contribution is 2.35. The van der Waals surface area contributed by atoms with Crippen LogP contribution in [0, 0.1) is 5.95 Å². The lowest BCUT2D eigenvalue weighted by Crippen LogP contribution is -2.64. The van der Waals surface area contributed by atoms with Gasteiger partial charge in [0.05, 0.1) is 5.69 Å². The Bertz CT molecular complexity index is 1530. The molecular weight excluding hydrogens is 565 g/mol. The van der Waals surface area contributed by atoms with Crippen molar-refractivity contribution in [3.05, 3.63) is 36.0 Å². The lowest BCUT2D eigenvalue weighted by molar-refractivity contribution is -0.0162. The van der Waals surface area contributed by atoms with Gasteiger partial charge in [-0.25, -0.2) is 14.8 Å². The number of fused-ring (bicyclic) bond motifs is 1. The molecule has 2 aliphatic heterocycles. The van der Waals surface area contributed by atoms with Gasteiger partial charge in [0.2, 0.25) is 11.9 Å². The van der Waals surface area contributed by atoms with Gasteiger partial charge in [-0.3, -0.25) is 9.69 Å². The lowest BCUT2D eigenvalue weighted by Gasteiger charge is -2.48. The second-order valence-electron chi connectivity index (χ2n) is 13.2. The second-order valence-corrected chi connectivity index (χ2v) is 13.2. The van der Waals surface area contributed by atoms with Crippen molar-refractivity contribution in [3.8, 4) is 0 Å². The predicted octanol–water partition coefficient (Wildman–Crippen LogP) is 4.27. The normalized spacial score (nSPS) is 18.5. The van der Waals surface area contributed by atoms with E-state index in [1.54, 1.807) is 42.2 Å². The third-order valence-corrected chi connectivity index (χ3v) is 8.65. The van der Waals surface area contributed by atoms with E-state index in [2.05, 4.69) is 20.2 Å². The summed E-state index contributed by atoms with van der Waals surface area (Å²) in [7, 11) is 3.49. The summed E-state index contributed by atoms with van der Waals surface area (Å²) in [4.78, 5) is 46.3. The summed E-state index contributed by atoms with van der Waals surface area (Å²) < 4.78 is 22.8. The Morgan fingerprint density at radius 3 is 2.36 bits per heavy atom. The molecule has 0 atom stereocenters. The Kier molecular flexibility index (Phi) is 8.08. The zero-order chi connectivity index (χ0) is 31.2. The van der Waals surface area contributed by atoms with E-state index in [4.69, 9.17) is 9.72 Å². The number of ether oxygens (including phenoxy) is 1. The maximum atomic E-state index is 15.3. The maximum Gasteiger partial charge on any atom is 0.410 e. The van der Waals surface area contributed by atoms with Crippen LogP contribution < -0.4 is 10.2 Å². The summed E-state index contributed by atoms with van der Waals surface area (Å²) in [6.07, 6.45) is 5.66. The highest BCUT2D eigenvalue weighted by Gasteiger charge is 2.38. The van der Waals surface area contributed by atoms with Gasteiger partial charge in [-0.15, -0.1) is 0 Å². The fourth-order valence-electron chi connectivity index (χ4n) is 6.33. The first kappa shape index (κ1) is 30.0. The van der Waals surface area contributed by atoms with Crippen molar-refractivity contribution in [3.63, 3.8) is 0 Å². The number of halogens is 1. The third kappa shape index (κ3) is 6.15. The van der Waals surface area contributed by atoms with Gasteiger partial charge < -0.3 is 29.3 Å². The summed E-state index contributed by atoms with van der Waals surface area (Å²) in [5.41, 5.74) is 1.25. The van der Waals surface area contributed by atoms with E-state index in [1.165, 1.54) is 0 Å². The molecule has 13 heteroatoms. The Morgan fingerprint density at radius 2 is 1.73 bits per heavy atom. The van der Waals surface area contributed by atoms with Crippen molar-refractivity contribution in [2.24, 2.45) is 0 Å². The predicted molar refractivity (Wildman–Crippen MR) is 166 cm³/mol. The topological polar surface area (TPSA) is 112 Å². The number of amides is 2. The van der Waals surface area contributed by atoms with Gasteiger partial charge in [-0.05, 0) is 51.8 Å². The molecule has 2 saturated heterocycles. The zero-order valence-corrected chi connectivity index (χ0v) is 26.2. The first-order valence-corrected chi connectivity index (χ1v) is 15.5. The molecule has 44 heavy (non-hydrogen) atoms. The first-order valence-electron chi connectivity index (χ1n) is 15.5. The third-order valence-electron chi connectivity index (χ3n) is 8.65. The van der Waals surface area contributed by atoms with E-state index in [0.29, 0.717) is 61.0 Å². The molecule has 0 aromatic carbocycles. The quantitative estimate of drug-likeness (QED) is 0.411. The van der Waals surface area contributed by atoms with Gasteiger partial charge >= 0.3 is 6.09 Å². The van der Waals surface area contributed by atoms with Crippen LogP contribution in [0.4, 0.5) is 26.6 Å². The number of carbonyl (C=O) groups is 2. The van der Waals surface area contributed by atoms with Crippen molar-refractivity contribution in [1.29, 1.82) is 0 Å². The highest BCUT2D eigenvalue weighted by molar-refractivity contribution is 5.98. The Labute approximate surface area is 257 Å². The number of hydrogen-bond acceptors (Lipinski definition) is 9. The first-order chi connectivity index (χ1) is 21.0. The second kappa shape index (κ2) is 11.8. The molecule has 0 radical (unpaired) electrons. The number of hydrogen-bond donors (Lipinski definition) is 1. The smallest absolute Gasteiger partial charge is 0.410 e. The monoisotopic (exact) mass is 607 g/mol. The van der Waals surface area contributed by atoms with E-state index in [0.717, 1.165) is 44.2 Å². The molecule has 1 N–H and O–H groups in total. The van der Waals surface area contributed by atoms with E-state index in [9.17, 15) is 9.59 Å². The molecule has 1 saturated carbocycles. The van der Waals surface area contributed by atoms with Crippen LogP contribution in [0.15, 0.2) is 24.4 Å². The van der Waals surface area contributed by atoms with Crippen LogP contribution in [0.5, 0.6) is 0 Å². The van der Waals surface area contributed by atoms with Crippen molar-refractivity contribution < 1.29 is 18.7 Å². The molecule has 5 heterocycles. The largest absolute Gasteiger partial charge is 0.444 e. The number of pyridine rings is 1. The number of piperazine rings is 1. The molecule has 0 spiro atoms. The lowest BCUT2D eigenvalue weighted by atomic mass is 10.1. The molecule has 6 rings (SSSR count). The van der Waals surface area contributed by atoms with Gasteiger partial charge in [0.1, 0.15) is 22.8 Å². The van der Waals surface area contributed by atoms with Gasteiger partial charge in [-0.2, -0.15) is 9.37 Å². The van der Waals surface area contributed by atoms with Crippen molar-refractivity contribution >= 4 is 40.5 Å². The van der Waals surface area contributed by atoms with Crippen LogP contribution >= 0.6 is 0 Å².